The quantitative estimate of drug-likeness (QED) is 0.412. The third-order valence-corrected chi connectivity index (χ3v) is 5.18. The Balaban J connectivity index is 1.94. The van der Waals surface area contributed by atoms with E-state index in [2.05, 4.69) is 28.8 Å². The van der Waals surface area contributed by atoms with E-state index in [1.54, 1.807) is 0 Å². The summed E-state index contributed by atoms with van der Waals surface area (Å²) in [4.78, 5) is 23.4. The average Bonchev–Trinajstić information content (AvgIpc) is 3.20. The molecule has 2 aromatic heterocycles. The van der Waals surface area contributed by atoms with Gasteiger partial charge < -0.3 is 25.8 Å². The van der Waals surface area contributed by atoms with Crippen LogP contribution in [0.4, 0.5) is 5.95 Å². The Labute approximate surface area is 165 Å². The van der Waals surface area contributed by atoms with Gasteiger partial charge in [-0.05, 0) is 11.5 Å². The molecule has 3 heterocycles. The molecular formula is C19H23N5O5. The predicted molar refractivity (Wildman–Crippen MR) is 105 cm³/mol. The van der Waals surface area contributed by atoms with E-state index in [4.69, 9.17) is 10.5 Å². The van der Waals surface area contributed by atoms with Crippen LogP contribution in [-0.4, -0.2) is 59.8 Å². The molecule has 1 aliphatic rings. The van der Waals surface area contributed by atoms with Gasteiger partial charge >= 0.3 is 0 Å². The number of hydrogen-bond acceptors (Lipinski definition) is 8. The van der Waals surface area contributed by atoms with Crippen molar-refractivity contribution in [3.63, 3.8) is 0 Å². The third kappa shape index (κ3) is 3.19. The van der Waals surface area contributed by atoms with Gasteiger partial charge in [-0.1, -0.05) is 38.1 Å². The lowest BCUT2D eigenvalue weighted by atomic mass is 10.0. The number of imidazole rings is 1. The maximum atomic E-state index is 12.4. The predicted octanol–water partition coefficient (Wildman–Crippen LogP) is 0.104. The molecule has 0 bridgehead atoms. The van der Waals surface area contributed by atoms with Crippen LogP contribution in [0.15, 0.2) is 29.1 Å². The highest BCUT2D eigenvalue weighted by atomic mass is 16.6. The van der Waals surface area contributed by atoms with Crippen molar-refractivity contribution in [2.75, 3.05) is 12.3 Å². The number of aliphatic hydroxyl groups is 3. The van der Waals surface area contributed by atoms with Gasteiger partial charge in [0.15, 0.2) is 17.4 Å². The van der Waals surface area contributed by atoms with Crippen molar-refractivity contribution < 1.29 is 20.1 Å². The molecule has 10 heteroatoms. The normalized spacial score (nSPS) is 24.6. The molecule has 29 heavy (non-hydrogen) atoms. The number of rotatable bonds is 4. The van der Waals surface area contributed by atoms with Crippen molar-refractivity contribution >= 4 is 17.1 Å². The van der Waals surface area contributed by atoms with E-state index in [1.165, 1.54) is 4.57 Å². The Hall–Kier alpha value is -2.79. The molecule has 3 aromatic rings. The maximum Gasteiger partial charge on any atom is 0.280 e. The number of aromatic nitrogens is 4. The molecule has 0 spiro atoms. The van der Waals surface area contributed by atoms with E-state index in [1.807, 2.05) is 24.3 Å². The second kappa shape index (κ2) is 7.23. The SMILES string of the molecule is CC(C)c1ccc(-c2nc3c(=O)[nH]c(N)nc3n2[C@@H]2O[C@H](CO)[C@@H](O)[C@H]2O)cc1. The zero-order chi connectivity index (χ0) is 20.9. The number of fused-ring (bicyclic) bond motifs is 1. The number of nitrogen functional groups attached to an aromatic ring is 1. The Kier molecular flexibility index (Phi) is 4.87. The standard InChI is InChI=1S/C19H23N5O5/c1-8(2)9-3-5-10(6-4-9)15-21-12-16(22-19(20)23-17(12)28)24(15)18-14(27)13(26)11(7-25)29-18/h3-6,8,11,13-14,18,25-27H,7H2,1-2H3,(H3,20,22,23,28)/t11-,13-,14-,18-/m1/s1. The fraction of sp³-hybridized carbons (Fsp3) is 0.421. The van der Waals surface area contributed by atoms with Gasteiger partial charge in [0.25, 0.3) is 5.56 Å². The Bertz CT molecular complexity index is 1090. The number of aromatic amines is 1. The van der Waals surface area contributed by atoms with E-state index >= 15 is 0 Å². The van der Waals surface area contributed by atoms with Crippen LogP contribution in [0.25, 0.3) is 22.6 Å². The summed E-state index contributed by atoms with van der Waals surface area (Å²) in [5, 5.41) is 30.2. The van der Waals surface area contributed by atoms with Crippen LogP contribution in [0.1, 0.15) is 31.6 Å². The molecule has 1 aromatic carbocycles. The van der Waals surface area contributed by atoms with Crippen molar-refractivity contribution in [2.24, 2.45) is 0 Å². The number of nitrogens with one attached hydrogen (secondary N) is 1. The molecule has 4 rings (SSSR count). The lowest BCUT2D eigenvalue weighted by Crippen LogP contribution is -2.33. The van der Waals surface area contributed by atoms with Crippen LogP contribution in [0.5, 0.6) is 0 Å². The van der Waals surface area contributed by atoms with Gasteiger partial charge in [0.2, 0.25) is 5.95 Å². The minimum Gasteiger partial charge on any atom is -0.394 e. The van der Waals surface area contributed by atoms with Crippen molar-refractivity contribution in [3.05, 3.63) is 40.2 Å². The molecule has 1 aliphatic heterocycles. The number of hydrogen-bond donors (Lipinski definition) is 5. The van der Waals surface area contributed by atoms with Gasteiger partial charge in [-0.25, -0.2) is 4.98 Å². The first kappa shape index (κ1) is 19.5. The van der Waals surface area contributed by atoms with Gasteiger partial charge in [0, 0.05) is 5.56 Å². The minimum atomic E-state index is -1.36. The second-order valence-electron chi connectivity index (χ2n) is 7.43. The summed E-state index contributed by atoms with van der Waals surface area (Å²) in [5.74, 6) is 0.554. The summed E-state index contributed by atoms with van der Waals surface area (Å²) in [7, 11) is 0. The highest BCUT2D eigenvalue weighted by Gasteiger charge is 2.45. The minimum absolute atomic E-state index is 0.0277. The Morgan fingerprint density at radius 1 is 1.21 bits per heavy atom. The molecule has 1 saturated heterocycles. The number of nitrogens with two attached hydrogens (primary N) is 1. The number of benzene rings is 1. The summed E-state index contributed by atoms with van der Waals surface area (Å²) in [6.07, 6.45) is -4.76. The van der Waals surface area contributed by atoms with Crippen LogP contribution in [0.2, 0.25) is 0 Å². The molecule has 0 aliphatic carbocycles. The van der Waals surface area contributed by atoms with Crippen molar-refractivity contribution in [1.29, 1.82) is 0 Å². The molecule has 0 saturated carbocycles. The molecule has 6 N–H and O–H groups in total. The molecule has 1 fully saturated rings. The molecule has 154 valence electrons. The maximum absolute atomic E-state index is 12.4. The van der Waals surface area contributed by atoms with E-state index in [0.717, 1.165) is 5.56 Å². The van der Waals surface area contributed by atoms with Gasteiger partial charge in [0.05, 0.1) is 6.61 Å². The summed E-state index contributed by atoms with van der Waals surface area (Å²) in [6.45, 7) is 3.68. The fourth-order valence-electron chi connectivity index (χ4n) is 3.56. The highest BCUT2D eigenvalue weighted by Crippen LogP contribution is 2.35. The second-order valence-corrected chi connectivity index (χ2v) is 7.43. The lowest BCUT2D eigenvalue weighted by Gasteiger charge is -2.19. The monoisotopic (exact) mass is 401 g/mol. The number of nitrogens with zero attached hydrogens (tertiary/aromatic N) is 3. The number of H-pyrrole nitrogens is 1. The van der Waals surface area contributed by atoms with E-state index < -0.39 is 36.7 Å². The first-order chi connectivity index (χ1) is 13.8. The smallest absolute Gasteiger partial charge is 0.280 e. The molecule has 4 atom stereocenters. The van der Waals surface area contributed by atoms with Crippen LogP contribution >= 0.6 is 0 Å². The summed E-state index contributed by atoms with van der Waals surface area (Å²) in [5.41, 5.74) is 7.12. The number of ether oxygens (including phenoxy) is 1. The first-order valence-electron chi connectivity index (χ1n) is 9.32. The van der Waals surface area contributed by atoms with Gasteiger partial charge in [-0.3, -0.25) is 14.3 Å². The summed E-state index contributed by atoms with van der Waals surface area (Å²) in [6, 6.07) is 7.61. The van der Waals surface area contributed by atoms with Gasteiger partial charge in [-0.2, -0.15) is 4.98 Å². The van der Waals surface area contributed by atoms with Crippen molar-refractivity contribution in [3.8, 4) is 11.4 Å². The summed E-state index contributed by atoms with van der Waals surface area (Å²) >= 11 is 0. The highest BCUT2D eigenvalue weighted by molar-refractivity contribution is 5.77. The zero-order valence-corrected chi connectivity index (χ0v) is 16.0. The van der Waals surface area contributed by atoms with Crippen LogP contribution < -0.4 is 11.3 Å². The van der Waals surface area contributed by atoms with Crippen molar-refractivity contribution in [2.45, 2.75) is 44.3 Å². The first-order valence-corrected chi connectivity index (χ1v) is 9.32. The van der Waals surface area contributed by atoms with E-state index in [-0.39, 0.29) is 17.1 Å². The van der Waals surface area contributed by atoms with Crippen LogP contribution in [0, 0.1) is 0 Å². The largest absolute Gasteiger partial charge is 0.394 e. The van der Waals surface area contributed by atoms with Gasteiger partial charge in [-0.15, -0.1) is 0 Å². The van der Waals surface area contributed by atoms with E-state index in [9.17, 15) is 20.1 Å². The zero-order valence-electron chi connectivity index (χ0n) is 16.0. The third-order valence-electron chi connectivity index (χ3n) is 5.18. The summed E-state index contributed by atoms with van der Waals surface area (Å²) < 4.78 is 7.11. The van der Waals surface area contributed by atoms with E-state index in [0.29, 0.717) is 17.3 Å². The topological polar surface area (TPSA) is 160 Å². The Morgan fingerprint density at radius 3 is 2.48 bits per heavy atom. The number of aliphatic hydroxyl groups excluding tert-OH is 3. The lowest BCUT2D eigenvalue weighted by molar-refractivity contribution is -0.0503. The molecule has 10 nitrogen and oxygen atoms in total. The molecule has 0 amide bonds. The Morgan fingerprint density at radius 2 is 1.90 bits per heavy atom. The van der Waals surface area contributed by atoms with Crippen molar-refractivity contribution in [1.82, 2.24) is 19.5 Å². The molecular weight excluding hydrogens is 378 g/mol. The van der Waals surface area contributed by atoms with Crippen LogP contribution in [-0.2, 0) is 4.74 Å². The molecule has 0 radical (unpaired) electrons. The molecule has 0 unspecified atom stereocenters. The number of anilines is 1. The van der Waals surface area contributed by atoms with Gasteiger partial charge in [0.1, 0.15) is 24.1 Å². The van der Waals surface area contributed by atoms with Crippen LogP contribution in [0.3, 0.4) is 0 Å². The fourth-order valence-corrected chi connectivity index (χ4v) is 3.56. The average molecular weight is 401 g/mol.